The summed E-state index contributed by atoms with van der Waals surface area (Å²) in [7, 11) is 0. The van der Waals surface area contributed by atoms with E-state index in [4.69, 9.17) is 10.5 Å². The van der Waals surface area contributed by atoms with Gasteiger partial charge in [0.15, 0.2) is 5.17 Å². The van der Waals surface area contributed by atoms with Crippen molar-refractivity contribution in [3.05, 3.63) is 95.6 Å². The number of nitrogens with zero attached hydrogens (tertiary/aromatic N) is 1. The smallest absolute Gasteiger partial charge is 0.160 e. The van der Waals surface area contributed by atoms with E-state index in [2.05, 4.69) is 4.99 Å². The van der Waals surface area contributed by atoms with Crippen LogP contribution in [0.2, 0.25) is 0 Å². The highest BCUT2D eigenvalue weighted by Gasteiger charge is 2.17. The van der Waals surface area contributed by atoms with E-state index in [1.165, 1.54) is 36.0 Å². The van der Waals surface area contributed by atoms with E-state index in [-0.39, 0.29) is 16.9 Å². The molecule has 6 heteroatoms. The van der Waals surface area contributed by atoms with E-state index >= 15 is 0 Å². The summed E-state index contributed by atoms with van der Waals surface area (Å²) in [6, 6.07) is 19.7. The number of hydrogen-bond acceptors (Lipinski definition) is 3. The second kappa shape index (κ2) is 9.37. The first-order chi connectivity index (χ1) is 13.5. The molecule has 3 rings (SSSR count). The highest BCUT2D eigenvalue weighted by molar-refractivity contribution is 8.14. The number of benzene rings is 3. The monoisotopic (exact) mass is 398 g/mol. The average molecular weight is 398 g/mol. The van der Waals surface area contributed by atoms with Crippen molar-refractivity contribution >= 4 is 22.6 Å². The summed E-state index contributed by atoms with van der Waals surface area (Å²) in [4.78, 5) is 4.44. The third-order valence-electron chi connectivity index (χ3n) is 3.97. The molecule has 3 nitrogen and oxygen atoms in total. The number of nitrogens with two attached hydrogens (primary N) is 1. The molecule has 0 unspecified atom stereocenters. The van der Waals surface area contributed by atoms with Gasteiger partial charge in [0.25, 0.3) is 0 Å². The molecule has 2 N–H and O–H groups in total. The number of ether oxygens (including phenoxy) is 1. The fraction of sp³-hybridized carbons (Fsp3) is 0.136. The van der Waals surface area contributed by atoms with Crippen LogP contribution in [0.1, 0.15) is 23.3 Å². The lowest BCUT2D eigenvalue weighted by Gasteiger charge is -2.17. The summed E-state index contributed by atoms with van der Waals surface area (Å²) in [6.07, 6.45) is 0. The summed E-state index contributed by atoms with van der Waals surface area (Å²) >= 11 is 1.32. The van der Waals surface area contributed by atoms with Crippen molar-refractivity contribution in [1.82, 2.24) is 0 Å². The summed E-state index contributed by atoms with van der Waals surface area (Å²) in [5, 5.41) is 0.107. The van der Waals surface area contributed by atoms with E-state index in [0.717, 1.165) is 16.9 Å². The lowest BCUT2D eigenvalue weighted by molar-refractivity contribution is 0.340. The SMILES string of the molecule is CCOc1ccc(N=C(N)SC(c2ccc(F)cc2)c2ccc(F)cc2)cc1. The number of hydrogen-bond donors (Lipinski definition) is 1. The first kappa shape index (κ1) is 19.9. The van der Waals surface area contributed by atoms with Crippen LogP contribution in [0.3, 0.4) is 0 Å². The second-order valence-corrected chi connectivity index (χ2v) is 7.10. The molecule has 0 aliphatic carbocycles. The highest BCUT2D eigenvalue weighted by atomic mass is 32.2. The third-order valence-corrected chi connectivity index (χ3v) is 5.08. The number of amidine groups is 1. The standard InChI is InChI=1S/C22H20F2N2OS/c1-2-27-20-13-11-19(12-14-20)26-22(25)28-21(15-3-7-17(23)8-4-15)16-5-9-18(24)10-6-16/h3-14,21H,2H2,1H3,(H2,25,26). The largest absolute Gasteiger partial charge is 0.494 e. The van der Waals surface area contributed by atoms with Crippen molar-refractivity contribution in [2.45, 2.75) is 12.2 Å². The van der Waals surface area contributed by atoms with Crippen molar-refractivity contribution < 1.29 is 13.5 Å². The first-order valence-electron chi connectivity index (χ1n) is 8.80. The molecule has 0 saturated heterocycles. The molecule has 0 aliphatic heterocycles. The fourth-order valence-corrected chi connectivity index (χ4v) is 3.65. The zero-order valence-electron chi connectivity index (χ0n) is 15.3. The molecule has 0 fully saturated rings. The van der Waals surface area contributed by atoms with Gasteiger partial charge in [-0.15, -0.1) is 0 Å². The Hall–Kier alpha value is -2.86. The quantitative estimate of drug-likeness (QED) is 0.420. The number of rotatable bonds is 6. The van der Waals surface area contributed by atoms with Crippen LogP contribution in [0.4, 0.5) is 14.5 Å². The van der Waals surface area contributed by atoms with Crippen LogP contribution in [-0.4, -0.2) is 11.8 Å². The van der Waals surface area contributed by atoms with Gasteiger partial charge in [-0.2, -0.15) is 0 Å². The Kier molecular flexibility index (Phi) is 6.66. The van der Waals surface area contributed by atoms with Gasteiger partial charge in [0, 0.05) is 0 Å². The molecule has 0 bridgehead atoms. The minimum absolute atomic E-state index is 0.243. The Bertz CT molecular complexity index is 881. The van der Waals surface area contributed by atoms with Crippen LogP contribution in [0.5, 0.6) is 5.75 Å². The van der Waals surface area contributed by atoms with E-state index in [0.29, 0.717) is 17.5 Å². The lowest BCUT2D eigenvalue weighted by atomic mass is 10.0. The number of thioether (sulfide) groups is 1. The van der Waals surface area contributed by atoms with Crippen LogP contribution < -0.4 is 10.5 Å². The van der Waals surface area contributed by atoms with Crippen molar-refractivity contribution in [2.24, 2.45) is 10.7 Å². The molecular formula is C22H20F2N2OS. The Morgan fingerprint density at radius 2 is 1.39 bits per heavy atom. The van der Waals surface area contributed by atoms with Gasteiger partial charge in [-0.05, 0) is 66.6 Å². The topological polar surface area (TPSA) is 47.6 Å². The molecule has 0 heterocycles. The van der Waals surface area contributed by atoms with Gasteiger partial charge in [0.05, 0.1) is 17.5 Å². The summed E-state index contributed by atoms with van der Waals surface area (Å²) in [5.74, 6) is 0.133. The van der Waals surface area contributed by atoms with E-state index in [1.54, 1.807) is 24.3 Å². The van der Waals surface area contributed by atoms with Crippen molar-refractivity contribution in [1.29, 1.82) is 0 Å². The maximum absolute atomic E-state index is 13.3. The number of aliphatic imine (C=N–C) groups is 1. The van der Waals surface area contributed by atoms with Crippen LogP contribution in [0, 0.1) is 11.6 Å². The zero-order chi connectivity index (χ0) is 19.9. The highest BCUT2D eigenvalue weighted by Crippen LogP contribution is 2.36. The fourth-order valence-electron chi connectivity index (χ4n) is 2.66. The van der Waals surface area contributed by atoms with Gasteiger partial charge in [-0.3, -0.25) is 0 Å². The van der Waals surface area contributed by atoms with Crippen molar-refractivity contribution in [3.63, 3.8) is 0 Å². The van der Waals surface area contributed by atoms with Gasteiger partial charge in [-0.25, -0.2) is 13.8 Å². The molecule has 0 amide bonds. The van der Waals surface area contributed by atoms with Crippen molar-refractivity contribution in [3.8, 4) is 5.75 Å². The molecular weight excluding hydrogens is 378 g/mol. The summed E-state index contributed by atoms with van der Waals surface area (Å²) in [5.41, 5.74) is 8.57. The Labute approximate surface area is 167 Å². The third kappa shape index (κ3) is 5.33. The van der Waals surface area contributed by atoms with Gasteiger partial charge >= 0.3 is 0 Å². The molecule has 0 spiro atoms. The van der Waals surface area contributed by atoms with Crippen LogP contribution in [0.15, 0.2) is 77.8 Å². The molecule has 0 radical (unpaired) electrons. The second-order valence-electron chi connectivity index (χ2n) is 5.98. The molecule has 0 aromatic heterocycles. The molecule has 0 aliphatic rings. The van der Waals surface area contributed by atoms with Crippen LogP contribution in [0.25, 0.3) is 0 Å². The van der Waals surface area contributed by atoms with E-state index in [1.807, 2.05) is 31.2 Å². The maximum Gasteiger partial charge on any atom is 0.160 e. The Morgan fingerprint density at radius 3 is 1.86 bits per heavy atom. The van der Waals surface area contributed by atoms with Crippen LogP contribution in [-0.2, 0) is 0 Å². The maximum atomic E-state index is 13.3. The van der Waals surface area contributed by atoms with E-state index in [9.17, 15) is 8.78 Å². The van der Waals surface area contributed by atoms with Gasteiger partial charge in [0.2, 0.25) is 0 Å². The molecule has 3 aromatic rings. The zero-order valence-corrected chi connectivity index (χ0v) is 16.1. The first-order valence-corrected chi connectivity index (χ1v) is 9.67. The van der Waals surface area contributed by atoms with E-state index < -0.39 is 0 Å². The van der Waals surface area contributed by atoms with Crippen LogP contribution >= 0.6 is 11.8 Å². The minimum Gasteiger partial charge on any atom is -0.494 e. The van der Waals surface area contributed by atoms with Gasteiger partial charge in [-0.1, -0.05) is 36.0 Å². The van der Waals surface area contributed by atoms with Crippen molar-refractivity contribution in [2.75, 3.05) is 6.61 Å². The molecule has 0 atom stereocenters. The predicted molar refractivity (Wildman–Crippen MR) is 111 cm³/mol. The van der Waals surface area contributed by atoms with Gasteiger partial charge in [0.1, 0.15) is 17.4 Å². The molecule has 3 aromatic carbocycles. The molecule has 0 saturated carbocycles. The minimum atomic E-state index is -0.317. The average Bonchev–Trinajstić information content (AvgIpc) is 2.69. The molecule has 28 heavy (non-hydrogen) atoms. The van der Waals surface area contributed by atoms with Gasteiger partial charge < -0.3 is 10.5 Å². The predicted octanol–water partition coefficient (Wildman–Crippen LogP) is 5.83. The summed E-state index contributed by atoms with van der Waals surface area (Å²) < 4.78 is 32.1. The summed E-state index contributed by atoms with van der Waals surface area (Å²) in [6.45, 7) is 2.52. The normalized spacial score (nSPS) is 11.6. The Balaban J connectivity index is 1.85. The molecule has 144 valence electrons. The Morgan fingerprint density at radius 1 is 0.893 bits per heavy atom. The number of halogens is 2. The lowest BCUT2D eigenvalue weighted by Crippen LogP contribution is -2.10.